The second-order valence-electron chi connectivity index (χ2n) is 7.92. The SMILES string of the molecule is O=[N+]([O-])c1ccc2nc(NCCCNc3c4c(nc5cc(Cl)ccc35)CCCC4)sc2c1. The summed E-state index contributed by atoms with van der Waals surface area (Å²) in [5.41, 5.74) is 5.53. The molecule has 32 heavy (non-hydrogen) atoms. The third-order valence-corrected chi connectivity index (χ3v) is 6.95. The van der Waals surface area contributed by atoms with Crippen LogP contribution in [0.25, 0.3) is 21.1 Å². The first-order chi connectivity index (χ1) is 15.6. The molecule has 2 aromatic carbocycles. The number of hydrogen-bond acceptors (Lipinski definition) is 7. The monoisotopic (exact) mass is 467 g/mol. The van der Waals surface area contributed by atoms with Gasteiger partial charge in [-0.3, -0.25) is 15.1 Å². The highest BCUT2D eigenvalue weighted by Gasteiger charge is 2.18. The number of thiazole rings is 1. The van der Waals surface area contributed by atoms with Crippen LogP contribution in [0.3, 0.4) is 0 Å². The van der Waals surface area contributed by atoms with Gasteiger partial charge in [-0.1, -0.05) is 22.9 Å². The molecule has 0 atom stereocenters. The summed E-state index contributed by atoms with van der Waals surface area (Å²) in [7, 11) is 0. The molecular formula is C23H22ClN5O2S. The molecule has 0 amide bonds. The van der Waals surface area contributed by atoms with Crippen LogP contribution < -0.4 is 10.6 Å². The predicted molar refractivity (Wildman–Crippen MR) is 131 cm³/mol. The quantitative estimate of drug-likeness (QED) is 0.191. The Bertz CT molecular complexity index is 1320. The van der Waals surface area contributed by atoms with Crippen molar-refractivity contribution in [1.29, 1.82) is 0 Å². The van der Waals surface area contributed by atoms with Gasteiger partial charge < -0.3 is 10.6 Å². The molecule has 2 heterocycles. The van der Waals surface area contributed by atoms with Crippen molar-refractivity contribution in [2.45, 2.75) is 32.1 Å². The third kappa shape index (κ3) is 4.20. The van der Waals surface area contributed by atoms with Crippen LogP contribution in [0.1, 0.15) is 30.5 Å². The number of rotatable bonds is 7. The van der Waals surface area contributed by atoms with E-state index in [1.54, 1.807) is 12.1 Å². The minimum Gasteiger partial charge on any atom is -0.384 e. The summed E-state index contributed by atoms with van der Waals surface area (Å²) in [6, 6.07) is 10.7. The molecule has 2 N–H and O–H groups in total. The minimum absolute atomic E-state index is 0.0890. The number of anilines is 2. The number of nitro groups is 1. The first-order valence-corrected chi connectivity index (χ1v) is 11.9. The molecule has 4 aromatic rings. The Hall–Kier alpha value is -2.97. The van der Waals surface area contributed by atoms with Gasteiger partial charge in [0.2, 0.25) is 0 Å². The number of nitrogens with one attached hydrogen (secondary N) is 2. The van der Waals surface area contributed by atoms with Crippen molar-refractivity contribution in [3.05, 3.63) is 62.8 Å². The predicted octanol–water partition coefficient (Wildman–Crippen LogP) is 6.20. The van der Waals surface area contributed by atoms with E-state index in [-0.39, 0.29) is 10.6 Å². The van der Waals surface area contributed by atoms with Crippen LogP contribution in [-0.2, 0) is 12.8 Å². The average Bonchev–Trinajstić information content (AvgIpc) is 3.20. The minimum atomic E-state index is -0.382. The summed E-state index contributed by atoms with van der Waals surface area (Å²) in [5, 5.41) is 20.6. The molecule has 9 heteroatoms. The lowest BCUT2D eigenvalue weighted by Gasteiger charge is -2.22. The Morgan fingerprint density at radius 2 is 1.88 bits per heavy atom. The van der Waals surface area contributed by atoms with Gasteiger partial charge in [-0.05, 0) is 61.9 Å². The Kier molecular flexibility index (Phi) is 5.80. The van der Waals surface area contributed by atoms with E-state index in [0.29, 0.717) is 5.02 Å². The first kappa shape index (κ1) is 20.9. The number of hydrogen-bond donors (Lipinski definition) is 2. The van der Waals surface area contributed by atoms with Crippen LogP contribution in [0.15, 0.2) is 36.4 Å². The summed E-state index contributed by atoms with van der Waals surface area (Å²) in [6.07, 6.45) is 5.35. The Morgan fingerprint density at radius 3 is 2.75 bits per heavy atom. The molecule has 0 unspecified atom stereocenters. The lowest BCUT2D eigenvalue weighted by Crippen LogP contribution is -2.14. The normalized spacial score (nSPS) is 13.3. The molecule has 7 nitrogen and oxygen atoms in total. The zero-order valence-corrected chi connectivity index (χ0v) is 18.9. The molecule has 0 fully saturated rings. The molecule has 0 spiro atoms. The van der Waals surface area contributed by atoms with Gasteiger partial charge in [0.25, 0.3) is 5.69 Å². The molecular weight excluding hydrogens is 446 g/mol. The van der Waals surface area contributed by atoms with Crippen molar-refractivity contribution in [3.63, 3.8) is 0 Å². The van der Waals surface area contributed by atoms with E-state index in [1.165, 1.54) is 47.2 Å². The molecule has 2 aromatic heterocycles. The summed E-state index contributed by atoms with van der Waals surface area (Å²) >= 11 is 7.64. The zero-order chi connectivity index (χ0) is 22.1. The van der Waals surface area contributed by atoms with Crippen molar-refractivity contribution in [3.8, 4) is 0 Å². The number of aryl methyl sites for hydroxylation is 1. The Morgan fingerprint density at radius 1 is 1.03 bits per heavy atom. The van der Waals surface area contributed by atoms with E-state index < -0.39 is 0 Å². The average molecular weight is 468 g/mol. The number of non-ortho nitro benzene ring substituents is 1. The lowest BCUT2D eigenvalue weighted by molar-refractivity contribution is -0.384. The highest BCUT2D eigenvalue weighted by molar-refractivity contribution is 7.22. The molecule has 0 saturated carbocycles. The maximum atomic E-state index is 11.0. The van der Waals surface area contributed by atoms with Crippen molar-refractivity contribution >= 4 is 60.6 Å². The van der Waals surface area contributed by atoms with Gasteiger partial charge in [0.15, 0.2) is 5.13 Å². The Labute approximate surface area is 194 Å². The van der Waals surface area contributed by atoms with Gasteiger partial charge >= 0.3 is 0 Å². The highest BCUT2D eigenvalue weighted by atomic mass is 35.5. The number of nitrogens with zero attached hydrogens (tertiary/aromatic N) is 3. The topological polar surface area (TPSA) is 93.0 Å². The Balaban J connectivity index is 1.25. The smallest absolute Gasteiger partial charge is 0.270 e. The van der Waals surface area contributed by atoms with Gasteiger partial charge in [-0.2, -0.15) is 0 Å². The van der Waals surface area contributed by atoms with E-state index >= 15 is 0 Å². The van der Waals surface area contributed by atoms with Crippen molar-refractivity contribution in [2.24, 2.45) is 0 Å². The van der Waals surface area contributed by atoms with Crippen LogP contribution in [0.5, 0.6) is 0 Å². The molecule has 0 radical (unpaired) electrons. The maximum absolute atomic E-state index is 11.0. The second-order valence-corrected chi connectivity index (χ2v) is 9.38. The van der Waals surface area contributed by atoms with Crippen molar-refractivity contribution in [1.82, 2.24) is 9.97 Å². The van der Waals surface area contributed by atoms with Gasteiger partial charge in [0, 0.05) is 47.0 Å². The number of benzene rings is 2. The standard InChI is InChI=1S/C23H22ClN5O2S/c24-14-6-8-17-20(12-14)27-18-5-2-1-4-16(18)22(17)25-10-3-11-26-23-28-19-9-7-15(29(30)31)13-21(19)32-23/h6-9,12-13H,1-5,10-11H2,(H,25,27)(H,26,28). The van der Waals surface area contributed by atoms with Crippen LogP contribution in [0.2, 0.25) is 5.02 Å². The molecule has 0 aliphatic heterocycles. The van der Waals surface area contributed by atoms with Crippen LogP contribution in [0, 0.1) is 10.1 Å². The van der Waals surface area contributed by atoms with E-state index in [1.807, 2.05) is 12.1 Å². The number of halogens is 1. The largest absolute Gasteiger partial charge is 0.384 e. The van der Waals surface area contributed by atoms with E-state index in [2.05, 4.69) is 21.7 Å². The molecule has 164 valence electrons. The number of aromatic nitrogens is 2. The first-order valence-electron chi connectivity index (χ1n) is 10.7. The highest BCUT2D eigenvalue weighted by Crippen LogP contribution is 2.34. The van der Waals surface area contributed by atoms with Crippen LogP contribution in [0.4, 0.5) is 16.5 Å². The molecule has 5 rings (SSSR count). The lowest BCUT2D eigenvalue weighted by atomic mass is 9.92. The maximum Gasteiger partial charge on any atom is 0.270 e. The number of fused-ring (bicyclic) bond motifs is 3. The van der Waals surface area contributed by atoms with Gasteiger partial charge in [0.1, 0.15) is 0 Å². The fourth-order valence-corrected chi connectivity index (χ4v) is 5.29. The number of nitro benzene ring substituents is 1. The summed E-state index contributed by atoms with van der Waals surface area (Å²) in [5.74, 6) is 0. The molecule has 0 saturated heterocycles. The second kappa shape index (κ2) is 8.88. The molecule has 0 bridgehead atoms. The van der Waals surface area contributed by atoms with Crippen LogP contribution >= 0.6 is 22.9 Å². The summed E-state index contributed by atoms with van der Waals surface area (Å²) < 4.78 is 0.813. The zero-order valence-electron chi connectivity index (χ0n) is 17.4. The van der Waals surface area contributed by atoms with E-state index in [9.17, 15) is 10.1 Å². The molecule has 1 aliphatic carbocycles. The van der Waals surface area contributed by atoms with Crippen molar-refractivity contribution in [2.75, 3.05) is 23.7 Å². The fraction of sp³-hybridized carbons (Fsp3) is 0.304. The van der Waals surface area contributed by atoms with Crippen LogP contribution in [-0.4, -0.2) is 28.0 Å². The fourth-order valence-electron chi connectivity index (χ4n) is 4.20. The summed E-state index contributed by atoms with van der Waals surface area (Å²) in [6.45, 7) is 1.57. The van der Waals surface area contributed by atoms with E-state index in [4.69, 9.17) is 16.6 Å². The van der Waals surface area contributed by atoms with E-state index in [0.717, 1.165) is 58.6 Å². The molecule has 1 aliphatic rings. The third-order valence-electron chi connectivity index (χ3n) is 5.74. The number of pyridine rings is 1. The van der Waals surface area contributed by atoms with Gasteiger partial charge in [0.05, 0.1) is 20.7 Å². The van der Waals surface area contributed by atoms with Gasteiger partial charge in [-0.15, -0.1) is 0 Å². The summed E-state index contributed by atoms with van der Waals surface area (Å²) in [4.78, 5) is 20.0. The van der Waals surface area contributed by atoms with Gasteiger partial charge in [-0.25, -0.2) is 4.98 Å². The van der Waals surface area contributed by atoms with Crippen molar-refractivity contribution < 1.29 is 4.92 Å².